The maximum Gasteiger partial charge on any atom is 0.416 e. The molecule has 1 fully saturated rings. The number of carbonyl (C=O) groups excluding carboxylic acids is 2. The van der Waals surface area contributed by atoms with Gasteiger partial charge < -0.3 is 16.4 Å². The minimum atomic E-state index is -4.66. The third-order valence-corrected chi connectivity index (χ3v) is 3.51. The molecule has 0 unspecified atom stereocenters. The van der Waals surface area contributed by atoms with Crippen molar-refractivity contribution in [1.29, 1.82) is 0 Å². The Balaban J connectivity index is 2.27. The van der Waals surface area contributed by atoms with Crippen molar-refractivity contribution in [2.24, 2.45) is 5.73 Å². The highest BCUT2D eigenvalue weighted by molar-refractivity contribution is 5.96. The Bertz CT molecular complexity index is 581. The maximum atomic E-state index is 13.1. The lowest BCUT2D eigenvalue weighted by molar-refractivity contribution is -0.138. The molecule has 1 saturated heterocycles. The molecule has 5 nitrogen and oxygen atoms in total. The summed E-state index contributed by atoms with van der Waals surface area (Å²) in [6, 6.07) is 3.02. The Hall–Kier alpha value is -2.09. The number of nitrogens with one attached hydrogen (secondary N) is 2. The fourth-order valence-corrected chi connectivity index (χ4v) is 2.49. The largest absolute Gasteiger partial charge is 0.416 e. The summed E-state index contributed by atoms with van der Waals surface area (Å²) >= 11 is 0. The predicted molar refractivity (Wildman–Crippen MR) is 73.1 cm³/mol. The lowest BCUT2D eigenvalue weighted by atomic mass is 9.96. The van der Waals surface area contributed by atoms with Crippen molar-refractivity contribution in [3.05, 3.63) is 34.9 Å². The molecule has 120 valence electrons. The van der Waals surface area contributed by atoms with E-state index in [-0.39, 0.29) is 17.2 Å². The van der Waals surface area contributed by atoms with Gasteiger partial charge in [-0.3, -0.25) is 9.59 Å². The van der Waals surface area contributed by atoms with Crippen LogP contribution in [0.4, 0.5) is 13.2 Å². The molecule has 8 heteroatoms. The number of hydrogen-bond donors (Lipinski definition) is 3. The molecule has 0 aromatic heterocycles. The van der Waals surface area contributed by atoms with Crippen LogP contribution in [0.2, 0.25) is 0 Å². The quantitative estimate of drug-likeness (QED) is 0.769. The second kappa shape index (κ2) is 6.35. The summed E-state index contributed by atoms with van der Waals surface area (Å²) in [5.41, 5.74) is 3.44. The SMILES string of the molecule is NC(=O)c1cccc(C(F)(F)F)c1CC(=O)N[C@@H]1CCNC1. The molecule has 1 aliphatic heterocycles. The van der Waals surface area contributed by atoms with Gasteiger partial charge in [0.05, 0.1) is 12.0 Å². The monoisotopic (exact) mass is 315 g/mol. The lowest BCUT2D eigenvalue weighted by Gasteiger charge is -2.17. The number of primary amides is 1. The number of rotatable bonds is 4. The van der Waals surface area contributed by atoms with Crippen LogP contribution in [0, 0.1) is 0 Å². The number of carbonyl (C=O) groups is 2. The number of hydrogen-bond acceptors (Lipinski definition) is 3. The van der Waals surface area contributed by atoms with Gasteiger partial charge in [0.25, 0.3) is 0 Å². The number of alkyl halides is 3. The molecule has 2 rings (SSSR count). The number of benzene rings is 1. The van der Waals surface area contributed by atoms with Gasteiger partial charge >= 0.3 is 6.18 Å². The molecule has 1 aromatic carbocycles. The standard InChI is InChI=1S/C14H16F3N3O2/c15-14(16,17)11-3-1-2-9(13(18)22)10(11)6-12(21)20-8-4-5-19-7-8/h1-3,8,19H,4-7H2,(H2,18,22)(H,20,21)/t8-/m1/s1. The zero-order chi connectivity index (χ0) is 16.3. The van der Waals surface area contributed by atoms with E-state index in [4.69, 9.17) is 5.73 Å². The average Bonchev–Trinajstić information content (AvgIpc) is 2.90. The highest BCUT2D eigenvalue weighted by Crippen LogP contribution is 2.33. The topological polar surface area (TPSA) is 84.2 Å². The first-order valence-electron chi connectivity index (χ1n) is 6.78. The summed E-state index contributed by atoms with van der Waals surface area (Å²) in [5.74, 6) is -1.55. The molecule has 0 saturated carbocycles. The molecule has 0 aliphatic carbocycles. The zero-order valence-corrected chi connectivity index (χ0v) is 11.7. The highest BCUT2D eigenvalue weighted by atomic mass is 19.4. The average molecular weight is 315 g/mol. The van der Waals surface area contributed by atoms with Crippen LogP contribution in [-0.4, -0.2) is 30.9 Å². The van der Waals surface area contributed by atoms with Crippen molar-refractivity contribution in [2.45, 2.75) is 25.1 Å². The third kappa shape index (κ3) is 3.76. The second-order valence-corrected chi connectivity index (χ2v) is 5.13. The van der Waals surface area contributed by atoms with Gasteiger partial charge in [-0.15, -0.1) is 0 Å². The van der Waals surface area contributed by atoms with Gasteiger partial charge in [0.2, 0.25) is 11.8 Å². The van der Waals surface area contributed by atoms with Crippen molar-refractivity contribution in [1.82, 2.24) is 10.6 Å². The molecular weight excluding hydrogens is 299 g/mol. The third-order valence-electron chi connectivity index (χ3n) is 3.51. The smallest absolute Gasteiger partial charge is 0.366 e. The molecule has 0 spiro atoms. The summed E-state index contributed by atoms with van der Waals surface area (Å²) in [7, 11) is 0. The Morgan fingerprint density at radius 1 is 1.36 bits per heavy atom. The lowest BCUT2D eigenvalue weighted by Crippen LogP contribution is -2.37. The van der Waals surface area contributed by atoms with Crippen molar-refractivity contribution in [3.8, 4) is 0 Å². The molecular formula is C14H16F3N3O2. The van der Waals surface area contributed by atoms with Crippen LogP contribution in [-0.2, 0) is 17.4 Å². The van der Waals surface area contributed by atoms with E-state index in [1.807, 2.05) is 0 Å². The van der Waals surface area contributed by atoms with E-state index in [9.17, 15) is 22.8 Å². The van der Waals surface area contributed by atoms with Crippen molar-refractivity contribution in [3.63, 3.8) is 0 Å². The van der Waals surface area contributed by atoms with Crippen LogP contribution in [0.25, 0.3) is 0 Å². The summed E-state index contributed by atoms with van der Waals surface area (Å²) in [4.78, 5) is 23.3. The molecule has 1 aromatic rings. The highest BCUT2D eigenvalue weighted by Gasteiger charge is 2.35. The summed E-state index contributed by atoms with van der Waals surface area (Å²) in [6.45, 7) is 1.33. The first-order valence-corrected chi connectivity index (χ1v) is 6.78. The van der Waals surface area contributed by atoms with E-state index in [1.54, 1.807) is 0 Å². The van der Waals surface area contributed by atoms with Crippen molar-refractivity contribution in [2.75, 3.05) is 13.1 Å². The van der Waals surface area contributed by atoms with Crippen LogP contribution in [0.1, 0.15) is 27.9 Å². The van der Waals surface area contributed by atoms with Gasteiger partial charge in [-0.05, 0) is 30.7 Å². The minimum Gasteiger partial charge on any atom is -0.366 e. The Morgan fingerprint density at radius 3 is 2.64 bits per heavy atom. The van der Waals surface area contributed by atoms with E-state index in [0.29, 0.717) is 6.54 Å². The minimum absolute atomic E-state index is 0.109. The summed E-state index contributed by atoms with van der Waals surface area (Å²) in [5, 5.41) is 5.69. The molecule has 0 radical (unpaired) electrons. The Morgan fingerprint density at radius 2 is 2.09 bits per heavy atom. The van der Waals surface area contributed by atoms with Crippen LogP contribution < -0.4 is 16.4 Å². The van der Waals surface area contributed by atoms with E-state index >= 15 is 0 Å². The van der Waals surface area contributed by atoms with E-state index < -0.39 is 30.0 Å². The number of amides is 2. The molecule has 1 heterocycles. The molecule has 0 bridgehead atoms. The molecule has 1 atom stereocenters. The molecule has 22 heavy (non-hydrogen) atoms. The first-order chi connectivity index (χ1) is 10.3. The van der Waals surface area contributed by atoms with E-state index in [0.717, 1.165) is 25.1 Å². The maximum absolute atomic E-state index is 13.1. The fourth-order valence-electron chi connectivity index (χ4n) is 2.49. The van der Waals surface area contributed by atoms with Gasteiger partial charge in [-0.1, -0.05) is 6.07 Å². The van der Waals surface area contributed by atoms with Gasteiger partial charge in [0.1, 0.15) is 0 Å². The number of halogens is 3. The molecule has 2 amide bonds. The van der Waals surface area contributed by atoms with Gasteiger partial charge in [-0.25, -0.2) is 0 Å². The van der Waals surface area contributed by atoms with Crippen LogP contribution >= 0.6 is 0 Å². The zero-order valence-electron chi connectivity index (χ0n) is 11.7. The predicted octanol–water partition coefficient (Wildman–Crippen LogP) is 0.825. The summed E-state index contributed by atoms with van der Waals surface area (Å²) < 4.78 is 39.2. The number of nitrogens with two attached hydrogens (primary N) is 1. The van der Waals surface area contributed by atoms with Crippen LogP contribution in [0.5, 0.6) is 0 Å². The van der Waals surface area contributed by atoms with Gasteiger partial charge in [-0.2, -0.15) is 13.2 Å². The van der Waals surface area contributed by atoms with Gasteiger partial charge in [0, 0.05) is 18.2 Å². The fraction of sp³-hybridized carbons (Fsp3) is 0.429. The normalized spacial score (nSPS) is 18.2. The Kier molecular flexibility index (Phi) is 4.70. The van der Waals surface area contributed by atoms with Gasteiger partial charge in [0.15, 0.2) is 0 Å². The van der Waals surface area contributed by atoms with Crippen LogP contribution in [0.15, 0.2) is 18.2 Å². The van der Waals surface area contributed by atoms with Crippen molar-refractivity contribution < 1.29 is 22.8 Å². The molecule has 1 aliphatic rings. The second-order valence-electron chi connectivity index (χ2n) is 5.13. The first kappa shape index (κ1) is 16.3. The van der Waals surface area contributed by atoms with E-state index in [1.165, 1.54) is 6.07 Å². The summed E-state index contributed by atoms with van der Waals surface area (Å²) in [6.07, 6.45) is -4.48. The van der Waals surface area contributed by atoms with Crippen LogP contribution in [0.3, 0.4) is 0 Å². The Labute approximate surface area is 125 Å². The van der Waals surface area contributed by atoms with Crippen molar-refractivity contribution >= 4 is 11.8 Å². The molecule has 4 N–H and O–H groups in total. The van der Waals surface area contributed by atoms with E-state index in [2.05, 4.69) is 10.6 Å².